The van der Waals surface area contributed by atoms with E-state index < -0.39 is 16.1 Å². The molecule has 4 rings (SSSR count). The Bertz CT molecular complexity index is 1150. The first-order valence-corrected chi connectivity index (χ1v) is 10.2. The van der Waals surface area contributed by atoms with Crippen molar-refractivity contribution in [3.63, 3.8) is 0 Å². The summed E-state index contributed by atoms with van der Waals surface area (Å²) in [6.45, 7) is -0.0297. The van der Waals surface area contributed by atoms with Crippen LogP contribution in [0.4, 0.5) is 10.5 Å². The number of halogens is 3. The molecule has 12 heteroatoms. The van der Waals surface area contributed by atoms with Crippen molar-refractivity contribution >= 4 is 69.5 Å². The van der Waals surface area contributed by atoms with E-state index in [-0.39, 0.29) is 39.5 Å². The Morgan fingerprint density at radius 1 is 1.13 bits per heavy atom. The van der Waals surface area contributed by atoms with Crippen LogP contribution >= 0.6 is 46.6 Å². The third-order valence-corrected chi connectivity index (χ3v) is 6.31. The number of thioether (sulfide) groups is 1. The van der Waals surface area contributed by atoms with E-state index in [0.29, 0.717) is 33.8 Å². The molecule has 0 radical (unpaired) electrons. The van der Waals surface area contributed by atoms with Crippen molar-refractivity contribution in [3.05, 3.63) is 65.5 Å². The van der Waals surface area contributed by atoms with Gasteiger partial charge < -0.3 is 9.47 Å². The molecule has 1 fully saturated rings. The average Bonchev–Trinajstić information content (AvgIpc) is 3.24. The zero-order valence-corrected chi connectivity index (χ0v) is 17.8. The van der Waals surface area contributed by atoms with Crippen LogP contribution in [-0.2, 0) is 11.3 Å². The van der Waals surface area contributed by atoms with E-state index in [0.717, 1.165) is 11.0 Å². The van der Waals surface area contributed by atoms with Crippen LogP contribution in [0.5, 0.6) is 11.5 Å². The minimum absolute atomic E-state index is 0.0289. The quantitative estimate of drug-likeness (QED) is 0.318. The van der Waals surface area contributed by atoms with E-state index in [1.54, 1.807) is 12.1 Å². The Balaban J connectivity index is 1.64. The van der Waals surface area contributed by atoms with Crippen LogP contribution in [0.3, 0.4) is 0 Å². The fraction of sp³-hybridized carbons (Fsp3) is 0.111. The number of imide groups is 1. The van der Waals surface area contributed by atoms with E-state index in [4.69, 9.17) is 44.3 Å². The van der Waals surface area contributed by atoms with Gasteiger partial charge in [-0.1, -0.05) is 34.8 Å². The molecule has 0 atom stereocenters. The molecule has 2 aliphatic rings. The average molecular weight is 488 g/mol. The van der Waals surface area contributed by atoms with E-state index in [1.165, 1.54) is 12.1 Å². The maximum atomic E-state index is 12.8. The second kappa shape index (κ2) is 7.99. The number of nitro groups is 1. The van der Waals surface area contributed by atoms with Crippen molar-refractivity contribution in [2.24, 2.45) is 0 Å². The van der Waals surface area contributed by atoms with E-state index in [2.05, 4.69) is 0 Å². The maximum Gasteiger partial charge on any atom is 0.293 e. The molecule has 1 saturated heterocycles. The summed E-state index contributed by atoms with van der Waals surface area (Å²) in [6.07, 6.45) is 1.27. The molecule has 154 valence electrons. The number of carbonyl (C=O) groups is 2. The van der Waals surface area contributed by atoms with Crippen molar-refractivity contribution in [1.29, 1.82) is 0 Å². The number of benzene rings is 2. The fourth-order valence-corrected chi connectivity index (χ4v) is 4.43. The van der Waals surface area contributed by atoms with Crippen molar-refractivity contribution in [1.82, 2.24) is 4.90 Å². The Labute approximate surface area is 188 Å². The smallest absolute Gasteiger partial charge is 0.293 e. The molecule has 0 spiro atoms. The molecule has 2 aromatic carbocycles. The largest absolute Gasteiger partial charge is 0.454 e. The van der Waals surface area contributed by atoms with Crippen LogP contribution in [0.2, 0.25) is 15.1 Å². The Hall–Kier alpha value is -2.46. The summed E-state index contributed by atoms with van der Waals surface area (Å²) in [6, 6.07) is 5.62. The number of amides is 2. The topological polar surface area (TPSA) is 99.0 Å². The van der Waals surface area contributed by atoms with Crippen LogP contribution in [0.25, 0.3) is 6.08 Å². The lowest BCUT2D eigenvalue weighted by Gasteiger charge is -2.14. The van der Waals surface area contributed by atoms with Crippen LogP contribution in [0, 0.1) is 10.1 Å². The predicted octanol–water partition coefficient (Wildman–Crippen LogP) is 5.52. The molecule has 2 aromatic rings. The van der Waals surface area contributed by atoms with Crippen LogP contribution < -0.4 is 9.47 Å². The standard InChI is InChI=1S/C18H9Cl3N2O6S/c19-10-1-2-12(23(26)27)16(21)9(10)4-15-17(24)22(18(25)30-15)6-8-3-13-14(5-11(8)20)29-7-28-13/h1-5H,6-7H2/b15-4-. The highest BCUT2D eigenvalue weighted by Crippen LogP contribution is 2.41. The third-order valence-electron chi connectivity index (χ3n) is 4.32. The number of hydrogen-bond donors (Lipinski definition) is 0. The zero-order valence-electron chi connectivity index (χ0n) is 14.7. The summed E-state index contributed by atoms with van der Waals surface area (Å²) in [5, 5.41) is 10.8. The molecule has 2 aliphatic heterocycles. The monoisotopic (exact) mass is 486 g/mol. The van der Waals surface area contributed by atoms with Gasteiger partial charge in [0.15, 0.2) is 11.5 Å². The molecule has 30 heavy (non-hydrogen) atoms. The molecule has 0 unspecified atom stereocenters. The van der Waals surface area contributed by atoms with Gasteiger partial charge >= 0.3 is 0 Å². The number of nitrogens with zero attached hydrogens (tertiary/aromatic N) is 2. The molecular formula is C18H9Cl3N2O6S. The predicted molar refractivity (Wildman–Crippen MR) is 112 cm³/mol. The van der Waals surface area contributed by atoms with Gasteiger partial charge in [-0.25, -0.2) is 0 Å². The van der Waals surface area contributed by atoms with Gasteiger partial charge in [0.1, 0.15) is 5.02 Å². The van der Waals surface area contributed by atoms with E-state index >= 15 is 0 Å². The van der Waals surface area contributed by atoms with Crippen molar-refractivity contribution in [2.75, 3.05) is 6.79 Å². The fourth-order valence-electron chi connectivity index (χ4n) is 2.85. The highest BCUT2D eigenvalue weighted by Gasteiger charge is 2.36. The SMILES string of the molecule is O=C1S/C(=C\c2c(Cl)ccc([N+](=O)[O-])c2Cl)C(=O)N1Cc1cc2c(cc1Cl)OCO2. The molecule has 0 bridgehead atoms. The molecular weight excluding hydrogens is 479 g/mol. The number of hydrogen-bond acceptors (Lipinski definition) is 7. The first-order chi connectivity index (χ1) is 14.3. The number of rotatable bonds is 4. The molecule has 2 amide bonds. The summed E-state index contributed by atoms with van der Waals surface area (Å²) in [5.74, 6) is 0.345. The van der Waals surface area contributed by atoms with Gasteiger partial charge in [0.2, 0.25) is 6.79 Å². The van der Waals surface area contributed by atoms with Crippen molar-refractivity contribution in [2.45, 2.75) is 6.54 Å². The van der Waals surface area contributed by atoms with Crippen molar-refractivity contribution in [3.8, 4) is 11.5 Å². The number of fused-ring (bicyclic) bond motifs is 1. The Kier molecular flexibility index (Phi) is 5.54. The zero-order chi connectivity index (χ0) is 21.6. The molecule has 2 heterocycles. The van der Waals surface area contributed by atoms with Crippen LogP contribution in [0.1, 0.15) is 11.1 Å². The van der Waals surface area contributed by atoms with Gasteiger partial charge in [-0.15, -0.1) is 0 Å². The normalized spacial score (nSPS) is 16.6. The van der Waals surface area contributed by atoms with Gasteiger partial charge in [0.25, 0.3) is 16.8 Å². The first-order valence-electron chi connectivity index (χ1n) is 8.22. The number of nitro benzene ring substituents is 1. The Morgan fingerprint density at radius 2 is 1.83 bits per heavy atom. The first kappa shape index (κ1) is 20.8. The third kappa shape index (κ3) is 3.69. The summed E-state index contributed by atoms with van der Waals surface area (Å²) >= 11 is 19.1. The van der Waals surface area contributed by atoms with Gasteiger partial charge in [-0.2, -0.15) is 0 Å². The molecule has 0 aliphatic carbocycles. The maximum absolute atomic E-state index is 12.8. The summed E-state index contributed by atoms with van der Waals surface area (Å²) in [5.41, 5.74) is 0.216. The molecule has 8 nitrogen and oxygen atoms in total. The number of carbonyl (C=O) groups excluding carboxylic acids is 2. The van der Waals surface area contributed by atoms with Gasteiger partial charge in [-0.3, -0.25) is 24.6 Å². The van der Waals surface area contributed by atoms with Gasteiger partial charge in [0.05, 0.1) is 16.4 Å². The minimum Gasteiger partial charge on any atom is -0.454 e. The highest BCUT2D eigenvalue weighted by atomic mass is 35.5. The molecule has 0 N–H and O–H groups in total. The summed E-state index contributed by atoms with van der Waals surface area (Å²) in [7, 11) is 0. The van der Waals surface area contributed by atoms with Crippen LogP contribution in [0.15, 0.2) is 29.2 Å². The highest BCUT2D eigenvalue weighted by molar-refractivity contribution is 8.18. The summed E-state index contributed by atoms with van der Waals surface area (Å²) in [4.78, 5) is 36.7. The lowest BCUT2D eigenvalue weighted by atomic mass is 10.1. The lowest BCUT2D eigenvalue weighted by Crippen LogP contribution is -2.27. The molecule has 0 saturated carbocycles. The Morgan fingerprint density at radius 3 is 2.53 bits per heavy atom. The second-order valence-corrected chi connectivity index (χ2v) is 8.30. The minimum atomic E-state index is -0.663. The van der Waals surface area contributed by atoms with E-state index in [1.807, 2.05) is 0 Å². The van der Waals surface area contributed by atoms with Crippen molar-refractivity contribution < 1.29 is 24.0 Å². The lowest BCUT2D eigenvalue weighted by molar-refractivity contribution is -0.384. The van der Waals surface area contributed by atoms with E-state index in [9.17, 15) is 19.7 Å². The second-order valence-electron chi connectivity index (χ2n) is 6.12. The van der Waals surface area contributed by atoms with Crippen LogP contribution in [-0.4, -0.2) is 27.8 Å². The van der Waals surface area contributed by atoms with Gasteiger partial charge in [0, 0.05) is 27.7 Å². The summed E-state index contributed by atoms with van der Waals surface area (Å²) < 4.78 is 10.5. The van der Waals surface area contributed by atoms with Gasteiger partial charge in [-0.05, 0) is 35.5 Å². The number of ether oxygens (including phenoxy) is 2. The molecule has 0 aromatic heterocycles.